The topological polar surface area (TPSA) is 50.2 Å². The molecule has 0 atom stereocenters. The first-order valence-corrected chi connectivity index (χ1v) is 6.11. The van der Waals surface area contributed by atoms with Gasteiger partial charge in [-0.1, -0.05) is 0 Å². The van der Waals surface area contributed by atoms with Crippen molar-refractivity contribution >= 4 is 11.6 Å². The first-order chi connectivity index (χ1) is 9.06. The van der Waals surface area contributed by atoms with Crippen molar-refractivity contribution in [1.29, 1.82) is 0 Å². The van der Waals surface area contributed by atoms with Crippen molar-refractivity contribution in [3.63, 3.8) is 0 Å². The van der Waals surface area contributed by atoms with Crippen LogP contribution >= 0.6 is 0 Å². The predicted octanol–water partition coefficient (Wildman–Crippen LogP) is 1.68. The largest absolute Gasteiger partial charge is 0.325 e. The summed E-state index contributed by atoms with van der Waals surface area (Å²) in [5.74, 6) is -0.0139. The van der Waals surface area contributed by atoms with Crippen molar-refractivity contribution < 1.29 is 4.79 Å². The lowest BCUT2D eigenvalue weighted by molar-refractivity contribution is -0.116. The summed E-state index contributed by atoms with van der Waals surface area (Å²) in [4.78, 5) is 13.6. The Morgan fingerprint density at radius 2 is 2.21 bits per heavy atom. The molecule has 1 heterocycles. The number of carbonyl (C=O) groups is 1. The Kier molecular flexibility index (Phi) is 3.97. The number of anilines is 1. The number of nitrogens with zero attached hydrogens (tertiary/aromatic N) is 3. The van der Waals surface area contributed by atoms with Gasteiger partial charge in [0.25, 0.3) is 0 Å². The molecule has 2 rings (SSSR count). The highest BCUT2D eigenvalue weighted by atomic mass is 16.2. The molecule has 0 bridgehead atoms. The van der Waals surface area contributed by atoms with E-state index in [0.29, 0.717) is 6.54 Å². The third-order valence-corrected chi connectivity index (χ3v) is 2.71. The predicted molar refractivity (Wildman–Crippen MR) is 75.5 cm³/mol. The Balaban J connectivity index is 2.14. The second kappa shape index (κ2) is 5.67. The van der Waals surface area contributed by atoms with Gasteiger partial charge in [0.15, 0.2) is 0 Å². The molecule has 1 amide bonds. The third-order valence-electron chi connectivity index (χ3n) is 2.71. The summed E-state index contributed by atoms with van der Waals surface area (Å²) >= 11 is 0. The summed E-state index contributed by atoms with van der Waals surface area (Å²) in [5.41, 5.74) is 2.83. The Bertz CT molecular complexity index is 561. The molecule has 100 valence electrons. The number of benzene rings is 1. The molecule has 0 fully saturated rings. The van der Waals surface area contributed by atoms with Crippen LogP contribution in [0.3, 0.4) is 0 Å². The van der Waals surface area contributed by atoms with E-state index in [9.17, 15) is 4.79 Å². The summed E-state index contributed by atoms with van der Waals surface area (Å²) in [5, 5.41) is 7.08. The van der Waals surface area contributed by atoms with Crippen molar-refractivity contribution in [1.82, 2.24) is 14.7 Å². The van der Waals surface area contributed by atoms with Crippen LogP contribution in [0.15, 0.2) is 36.7 Å². The van der Waals surface area contributed by atoms with E-state index in [1.807, 2.05) is 56.4 Å². The van der Waals surface area contributed by atoms with Crippen LogP contribution in [0.4, 0.5) is 5.69 Å². The molecule has 0 aliphatic heterocycles. The zero-order valence-corrected chi connectivity index (χ0v) is 11.4. The van der Waals surface area contributed by atoms with Crippen LogP contribution in [0.25, 0.3) is 5.69 Å². The fourth-order valence-electron chi connectivity index (χ4n) is 1.83. The number of rotatable bonds is 4. The highest BCUT2D eigenvalue weighted by Gasteiger charge is 2.07. The highest BCUT2D eigenvalue weighted by Crippen LogP contribution is 2.18. The summed E-state index contributed by atoms with van der Waals surface area (Å²) in [6, 6.07) is 7.71. The zero-order valence-electron chi connectivity index (χ0n) is 11.4. The van der Waals surface area contributed by atoms with Gasteiger partial charge in [-0.15, -0.1) is 0 Å². The van der Waals surface area contributed by atoms with Crippen LogP contribution in [-0.4, -0.2) is 41.2 Å². The van der Waals surface area contributed by atoms with Gasteiger partial charge in [-0.25, -0.2) is 4.68 Å². The molecule has 5 nitrogen and oxygen atoms in total. The van der Waals surface area contributed by atoms with E-state index in [0.717, 1.165) is 16.9 Å². The Hall–Kier alpha value is -2.14. The number of amides is 1. The van der Waals surface area contributed by atoms with E-state index in [2.05, 4.69) is 10.4 Å². The van der Waals surface area contributed by atoms with Gasteiger partial charge >= 0.3 is 0 Å². The first kappa shape index (κ1) is 13.3. The monoisotopic (exact) mass is 258 g/mol. The van der Waals surface area contributed by atoms with E-state index in [1.165, 1.54) is 0 Å². The zero-order chi connectivity index (χ0) is 13.8. The number of aromatic nitrogens is 2. The van der Waals surface area contributed by atoms with Crippen LogP contribution in [0.2, 0.25) is 0 Å². The minimum atomic E-state index is -0.0139. The third kappa shape index (κ3) is 3.42. The number of aryl methyl sites for hydroxylation is 1. The van der Waals surface area contributed by atoms with Crippen molar-refractivity contribution in [2.45, 2.75) is 6.92 Å². The maximum Gasteiger partial charge on any atom is 0.238 e. The first-order valence-electron chi connectivity index (χ1n) is 6.11. The molecule has 1 aromatic carbocycles. The standard InChI is InChI=1S/C14H18N4O/c1-11-9-12(18-8-4-7-15-18)5-6-13(11)16-14(19)10-17(2)3/h4-9H,10H2,1-3H3,(H,16,19). The molecule has 0 unspecified atom stereocenters. The second-order valence-electron chi connectivity index (χ2n) is 4.74. The lowest BCUT2D eigenvalue weighted by Gasteiger charge is -2.13. The molecule has 0 spiro atoms. The molecule has 19 heavy (non-hydrogen) atoms. The molecule has 1 aromatic heterocycles. The molecule has 1 N–H and O–H groups in total. The van der Waals surface area contributed by atoms with E-state index < -0.39 is 0 Å². The normalized spacial score (nSPS) is 10.7. The van der Waals surface area contributed by atoms with E-state index >= 15 is 0 Å². The van der Waals surface area contributed by atoms with Gasteiger partial charge in [-0.3, -0.25) is 4.79 Å². The lowest BCUT2D eigenvalue weighted by Crippen LogP contribution is -2.27. The maximum atomic E-state index is 11.7. The average Bonchev–Trinajstić information content (AvgIpc) is 2.84. The van der Waals surface area contributed by atoms with Gasteiger partial charge in [0.2, 0.25) is 5.91 Å². The Labute approximate surface area is 112 Å². The fourth-order valence-corrected chi connectivity index (χ4v) is 1.83. The number of hydrogen-bond donors (Lipinski definition) is 1. The number of nitrogens with one attached hydrogen (secondary N) is 1. The second-order valence-corrected chi connectivity index (χ2v) is 4.74. The lowest BCUT2D eigenvalue weighted by atomic mass is 10.1. The molecule has 0 aliphatic carbocycles. The van der Waals surface area contributed by atoms with Crippen LogP contribution in [0.5, 0.6) is 0 Å². The highest BCUT2D eigenvalue weighted by molar-refractivity contribution is 5.93. The van der Waals surface area contributed by atoms with Gasteiger partial charge in [0, 0.05) is 18.1 Å². The van der Waals surface area contributed by atoms with E-state index in [4.69, 9.17) is 0 Å². The summed E-state index contributed by atoms with van der Waals surface area (Å²) in [7, 11) is 3.74. The van der Waals surface area contributed by atoms with Crippen LogP contribution in [-0.2, 0) is 4.79 Å². The maximum absolute atomic E-state index is 11.7. The molecule has 0 aliphatic rings. The van der Waals surface area contributed by atoms with Crippen molar-refractivity contribution in [3.05, 3.63) is 42.2 Å². The molecule has 2 aromatic rings. The summed E-state index contributed by atoms with van der Waals surface area (Å²) in [6.07, 6.45) is 3.63. The molecule has 0 saturated heterocycles. The van der Waals surface area contributed by atoms with Gasteiger partial charge in [0.1, 0.15) is 0 Å². The Morgan fingerprint density at radius 3 is 2.79 bits per heavy atom. The molecule has 5 heteroatoms. The smallest absolute Gasteiger partial charge is 0.238 e. The molecular weight excluding hydrogens is 240 g/mol. The van der Waals surface area contributed by atoms with Gasteiger partial charge in [-0.2, -0.15) is 5.10 Å². The number of likely N-dealkylation sites (N-methyl/N-ethyl adjacent to an activating group) is 1. The van der Waals surface area contributed by atoms with Gasteiger partial charge in [-0.05, 0) is 50.8 Å². The molecule has 0 radical (unpaired) electrons. The van der Waals surface area contributed by atoms with Crippen molar-refractivity contribution in [3.8, 4) is 5.69 Å². The van der Waals surface area contributed by atoms with E-state index in [1.54, 1.807) is 10.9 Å². The van der Waals surface area contributed by atoms with Crippen LogP contribution < -0.4 is 5.32 Å². The van der Waals surface area contributed by atoms with Crippen LogP contribution in [0.1, 0.15) is 5.56 Å². The quantitative estimate of drug-likeness (QED) is 0.907. The number of hydrogen-bond acceptors (Lipinski definition) is 3. The SMILES string of the molecule is Cc1cc(-n2cccn2)ccc1NC(=O)CN(C)C. The average molecular weight is 258 g/mol. The Morgan fingerprint density at radius 1 is 1.42 bits per heavy atom. The molecular formula is C14H18N4O. The van der Waals surface area contributed by atoms with Crippen molar-refractivity contribution in [2.75, 3.05) is 26.0 Å². The summed E-state index contributed by atoms with van der Waals surface area (Å²) in [6.45, 7) is 2.35. The van der Waals surface area contributed by atoms with Crippen LogP contribution in [0, 0.1) is 6.92 Å². The van der Waals surface area contributed by atoms with Gasteiger partial charge in [0.05, 0.1) is 12.2 Å². The number of carbonyl (C=O) groups excluding carboxylic acids is 1. The molecule has 0 saturated carbocycles. The minimum Gasteiger partial charge on any atom is -0.325 e. The fraction of sp³-hybridized carbons (Fsp3) is 0.286. The summed E-state index contributed by atoms with van der Waals surface area (Å²) < 4.78 is 1.79. The van der Waals surface area contributed by atoms with E-state index in [-0.39, 0.29) is 5.91 Å². The van der Waals surface area contributed by atoms with Gasteiger partial charge < -0.3 is 10.2 Å². The minimum absolute atomic E-state index is 0.0139. The van der Waals surface area contributed by atoms with Crippen molar-refractivity contribution in [2.24, 2.45) is 0 Å².